The molecule has 2 N–H and O–H groups in total. The normalized spacial score (nSPS) is 10.8. The number of hydrogen-bond acceptors (Lipinski definition) is 2. The van der Waals surface area contributed by atoms with E-state index in [0.717, 1.165) is 16.8 Å². The molecule has 80 valence electrons. The van der Waals surface area contributed by atoms with Crippen LogP contribution < -0.4 is 5.73 Å². The molecule has 0 unspecified atom stereocenters. The smallest absolute Gasteiger partial charge is 0.0595 e. The van der Waals surface area contributed by atoms with Gasteiger partial charge in [0.05, 0.1) is 5.02 Å². The number of halogens is 1. The van der Waals surface area contributed by atoms with Gasteiger partial charge in [-0.3, -0.25) is 4.98 Å². The Morgan fingerprint density at radius 1 is 1.06 bits per heavy atom. The number of aromatic nitrogens is 1. The standard InChI is InChI=1S/C13H11ClN2/c14-12-6-11(8-16-9-12)5-4-10-2-1-3-13(15)7-10/h1-9H,15H2/b5-4+. The van der Waals surface area contributed by atoms with E-state index >= 15 is 0 Å². The van der Waals surface area contributed by atoms with Crippen molar-refractivity contribution in [3.05, 3.63) is 58.9 Å². The minimum absolute atomic E-state index is 0.634. The van der Waals surface area contributed by atoms with Crippen molar-refractivity contribution in [1.29, 1.82) is 0 Å². The fourth-order valence-corrected chi connectivity index (χ4v) is 1.56. The molecule has 0 saturated heterocycles. The fourth-order valence-electron chi connectivity index (χ4n) is 1.37. The lowest BCUT2D eigenvalue weighted by atomic mass is 10.1. The molecule has 0 aliphatic carbocycles. The summed E-state index contributed by atoms with van der Waals surface area (Å²) in [6.07, 6.45) is 7.30. The van der Waals surface area contributed by atoms with Gasteiger partial charge in [0, 0.05) is 18.1 Å². The van der Waals surface area contributed by atoms with Crippen LogP contribution in [-0.2, 0) is 0 Å². The second kappa shape index (κ2) is 4.81. The first-order chi connectivity index (χ1) is 7.74. The molecule has 16 heavy (non-hydrogen) atoms. The Labute approximate surface area is 99.4 Å². The summed E-state index contributed by atoms with van der Waals surface area (Å²) >= 11 is 5.84. The molecule has 0 radical (unpaired) electrons. The summed E-state index contributed by atoms with van der Waals surface area (Å²) in [6, 6.07) is 9.54. The monoisotopic (exact) mass is 230 g/mol. The molecule has 2 aromatic rings. The lowest BCUT2D eigenvalue weighted by Crippen LogP contribution is -1.83. The van der Waals surface area contributed by atoms with Gasteiger partial charge in [0.15, 0.2) is 0 Å². The van der Waals surface area contributed by atoms with Crippen LogP contribution in [0.25, 0.3) is 12.2 Å². The summed E-state index contributed by atoms with van der Waals surface area (Å²) in [6.45, 7) is 0. The molecule has 0 spiro atoms. The van der Waals surface area contributed by atoms with Crippen molar-refractivity contribution >= 4 is 29.4 Å². The van der Waals surface area contributed by atoms with Crippen LogP contribution >= 0.6 is 11.6 Å². The summed E-state index contributed by atoms with van der Waals surface area (Å²) in [5.74, 6) is 0. The first-order valence-electron chi connectivity index (χ1n) is 4.88. The number of nitrogen functional groups attached to an aromatic ring is 1. The van der Waals surface area contributed by atoms with E-state index < -0.39 is 0 Å². The van der Waals surface area contributed by atoms with Gasteiger partial charge in [0.1, 0.15) is 0 Å². The molecule has 1 aromatic heterocycles. The minimum Gasteiger partial charge on any atom is -0.399 e. The highest BCUT2D eigenvalue weighted by Gasteiger charge is 1.91. The Morgan fingerprint density at radius 2 is 1.88 bits per heavy atom. The van der Waals surface area contributed by atoms with Crippen molar-refractivity contribution < 1.29 is 0 Å². The third-order valence-electron chi connectivity index (χ3n) is 2.10. The zero-order chi connectivity index (χ0) is 11.4. The first kappa shape index (κ1) is 10.7. The van der Waals surface area contributed by atoms with Crippen LogP contribution in [0.3, 0.4) is 0 Å². The Morgan fingerprint density at radius 3 is 2.62 bits per heavy atom. The summed E-state index contributed by atoms with van der Waals surface area (Å²) in [5, 5.41) is 0.634. The quantitative estimate of drug-likeness (QED) is 0.803. The van der Waals surface area contributed by atoms with Gasteiger partial charge in [-0.05, 0) is 29.3 Å². The largest absolute Gasteiger partial charge is 0.399 e. The van der Waals surface area contributed by atoms with Gasteiger partial charge in [-0.2, -0.15) is 0 Å². The molecular weight excluding hydrogens is 220 g/mol. The van der Waals surface area contributed by atoms with Crippen molar-refractivity contribution in [2.75, 3.05) is 5.73 Å². The maximum Gasteiger partial charge on any atom is 0.0595 e. The average Bonchev–Trinajstić information content (AvgIpc) is 2.27. The average molecular weight is 231 g/mol. The molecule has 2 rings (SSSR count). The minimum atomic E-state index is 0.634. The zero-order valence-corrected chi connectivity index (χ0v) is 9.35. The highest BCUT2D eigenvalue weighted by atomic mass is 35.5. The molecule has 0 atom stereocenters. The Hall–Kier alpha value is -1.80. The van der Waals surface area contributed by atoms with Crippen LogP contribution in [0.1, 0.15) is 11.1 Å². The van der Waals surface area contributed by atoms with E-state index in [0.29, 0.717) is 5.02 Å². The molecule has 3 heteroatoms. The predicted molar refractivity (Wildman–Crippen MR) is 69.0 cm³/mol. The molecular formula is C13H11ClN2. The lowest BCUT2D eigenvalue weighted by Gasteiger charge is -1.96. The summed E-state index contributed by atoms with van der Waals surface area (Å²) < 4.78 is 0. The highest BCUT2D eigenvalue weighted by Crippen LogP contribution is 2.13. The summed E-state index contributed by atoms with van der Waals surface area (Å²) in [5.41, 5.74) is 8.46. The highest BCUT2D eigenvalue weighted by molar-refractivity contribution is 6.30. The number of rotatable bonds is 2. The fraction of sp³-hybridized carbons (Fsp3) is 0. The lowest BCUT2D eigenvalue weighted by molar-refractivity contribution is 1.32. The van der Waals surface area contributed by atoms with Crippen molar-refractivity contribution in [2.24, 2.45) is 0 Å². The third-order valence-corrected chi connectivity index (χ3v) is 2.31. The van der Waals surface area contributed by atoms with Crippen LogP contribution in [-0.4, -0.2) is 4.98 Å². The van der Waals surface area contributed by atoms with Crippen molar-refractivity contribution in [3.63, 3.8) is 0 Å². The first-order valence-corrected chi connectivity index (χ1v) is 5.26. The van der Waals surface area contributed by atoms with E-state index in [-0.39, 0.29) is 0 Å². The van der Waals surface area contributed by atoms with Crippen molar-refractivity contribution in [1.82, 2.24) is 4.98 Å². The molecule has 0 aliphatic heterocycles. The number of benzene rings is 1. The van der Waals surface area contributed by atoms with Gasteiger partial charge in [-0.15, -0.1) is 0 Å². The maximum atomic E-state index is 5.84. The van der Waals surface area contributed by atoms with Gasteiger partial charge in [-0.1, -0.05) is 35.9 Å². The van der Waals surface area contributed by atoms with Gasteiger partial charge >= 0.3 is 0 Å². The van der Waals surface area contributed by atoms with Crippen LogP contribution in [0, 0.1) is 0 Å². The summed E-state index contributed by atoms with van der Waals surface area (Å²) in [4.78, 5) is 4.01. The molecule has 2 nitrogen and oxygen atoms in total. The Kier molecular flexibility index (Phi) is 3.22. The predicted octanol–water partition coefficient (Wildman–Crippen LogP) is 3.49. The van der Waals surface area contributed by atoms with E-state index in [1.807, 2.05) is 42.5 Å². The second-order valence-electron chi connectivity index (χ2n) is 3.44. The number of anilines is 1. The molecule has 1 aromatic carbocycles. The van der Waals surface area contributed by atoms with E-state index in [1.165, 1.54) is 0 Å². The van der Waals surface area contributed by atoms with Gasteiger partial charge in [-0.25, -0.2) is 0 Å². The van der Waals surface area contributed by atoms with E-state index in [9.17, 15) is 0 Å². The third kappa shape index (κ3) is 2.84. The van der Waals surface area contributed by atoms with Crippen molar-refractivity contribution in [2.45, 2.75) is 0 Å². The summed E-state index contributed by atoms with van der Waals surface area (Å²) in [7, 11) is 0. The van der Waals surface area contributed by atoms with E-state index in [2.05, 4.69) is 4.98 Å². The van der Waals surface area contributed by atoms with Crippen molar-refractivity contribution in [3.8, 4) is 0 Å². The molecule has 0 amide bonds. The Balaban J connectivity index is 2.21. The number of nitrogens with two attached hydrogens (primary N) is 1. The van der Waals surface area contributed by atoms with Crippen LogP contribution in [0.5, 0.6) is 0 Å². The molecule has 1 heterocycles. The van der Waals surface area contributed by atoms with Gasteiger partial charge < -0.3 is 5.73 Å². The SMILES string of the molecule is Nc1cccc(/C=C/c2cncc(Cl)c2)c1. The molecule has 0 bridgehead atoms. The van der Waals surface area contributed by atoms with Gasteiger partial charge in [0.25, 0.3) is 0 Å². The van der Waals surface area contributed by atoms with Crippen LogP contribution in [0.4, 0.5) is 5.69 Å². The van der Waals surface area contributed by atoms with Crippen LogP contribution in [0.15, 0.2) is 42.7 Å². The topological polar surface area (TPSA) is 38.9 Å². The number of nitrogens with zero attached hydrogens (tertiary/aromatic N) is 1. The second-order valence-corrected chi connectivity index (χ2v) is 3.88. The van der Waals surface area contributed by atoms with E-state index in [4.69, 9.17) is 17.3 Å². The van der Waals surface area contributed by atoms with Crippen LogP contribution in [0.2, 0.25) is 5.02 Å². The van der Waals surface area contributed by atoms with Gasteiger partial charge in [0.2, 0.25) is 0 Å². The molecule has 0 saturated carbocycles. The molecule has 0 fully saturated rings. The Bertz CT molecular complexity index is 473. The number of pyridine rings is 1. The number of hydrogen-bond donors (Lipinski definition) is 1. The maximum absolute atomic E-state index is 5.84. The molecule has 0 aliphatic rings. The zero-order valence-electron chi connectivity index (χ0n) is 8.60. The van der Waals surface area contributed by atoms with E-state index in [1.54, 1.807) is 12.4 Å².